The summed E-state index contributed by atoms with van der Waals surface area (Å²) < 4.78 is 0. The average molecular weight is 314 g/mol. The second-order valence-electron chi connectivity index (χ2n) is 7.55. The normalized spacial score (nSPS) is 37.7. The van der Waals surface area contributed by atoms with E-state index in [1.165, 1.54) is 12.1 Å². The number of nitro groups is 1. The van der Waals surface area contributed by atoms with E-state index in [-0.39, 0.29) is 11.6 Å². The summed E-state index contributed by atoms with van der Waals surface area (Å²) in [5.74, 6) is 0.611. The Morgan fingerprint density at radius 1 is 1.22 bits per heavy atom. The van der Waals surface area contributed by atoms with E-state index in [1.54, 1.807) is 0 Å². The predicted octanol–water partition coefficient (Wildman–Crippen LogP) is 2.33. The molecule has 5 heteroatoms. The summed E-state index contributed by atoms with van der Waals surface area (Å²) in [4.78, 5) is 22.3. The molecular weight excluding hydrogens is 294 g/mol. The van der Waals surface area contributed by atoms with E-state index in [0.717, 1.165) is 44.1 Å². The van der Waals surface area contributed by atoms with E-state index in [4.69, 9.17) is 0 Å². The first-order chi connectivity index (χ1) is 11.0. The van der Waals surface area contributed by atoms with Crippen LogP contribution in [0.1, 0.15) is 37.7 Å². The van der Waals surface area contributed by atoms with Crippen LogP contribution >= 0.6 is 0 Å². The Kier molecular flexibility index (Phi) is 3.22. The van der Waals surface area contributed by atoms with Crippen LogP contribution in [0, 0.1) is 39.2 Å². The van der Waals surface area contributed by atoms with Gasteiger partial charge in [0.25, 0.3) is 5.69 Å². The van der Waals surface area contributed by atoms with Crippen molar-refractivity contribution in [1.29, 1.82) is 0 Å². The van der Waals surface area contributed by atoms with Gasteiger partial charge in [0.1, 0.15) is 0 Å². The zero-order valence-electron chi connectivity index (χ0n) is 12.9. The minimum Gasteiger partial charge on any atom is -0.550 e. The number of carboxylic acids is 1. The van der Waals surface area contributed by atoms with Crippen molar-refractivity contribution in [3.63, 3.8) is 0 Å². The Morgan fingerprint density at radius 3 is 2.61 bits per heavy atom. The first kappa shape index (κ1) is 14.7. The third kappa shape index (κ3) is 2.02. The van der Waals surface area contributed by atoms with E-state index in [2.05, 4.69) is 0 Å². The lowest BCUT2D eigenvalue weighted by Crippen LogP contribution is -2.49. The van der Waals surface area contributed by atoms with Crippen LogP contribution in [0.25, 0.3) is 0 Å². The molecule has 0 N–H and O–H groups in total. The number of nitrogens with zero attached hydrogens (tertiary/aromatic N) is 1. The zero-order chi connectivity index (χ0) is 16.2. The SMILES string of the molecule is O=C([O-])[C@@]12CCC(Cc3ccc([N+](=O)[O-])cc3)[C@H]1[C@@H]1CC[C@H]2C1. The van der Waals surface area contributed by atoms with Crippen molar-refractivity contribution in [3.05, 3.63) is 39.9 Å². The number of rotatable bonds is 4. The van der Waals surface area contributed by atoms with E-state index >= 15 is 0 Å². The van der Waals surface area contributed by atoms with E-state index in [1.807, 2.05) is 12.1 Å². The maximum atomic E-state index is 11.9. The molecule has 0 amide bonds. The van der Waals surface area contributed by atoms with Crippen molar-refractivity contribution in [3.8, 4) is 0 Å². The van der Waals surface area contributed by atoms with Gasteiger partial charge in [0.15, 0.2) is 0 Å². The quantitative estimate of drug-likeness (QED) is 0.631. The van der Waals surface area contributed by atoms with Crippen LogP contribution in [-0.2, 0) is 11.2 Å². The molecule has 0 heterocycles. The molecule has 3 aliphatic carbocycles. The minimum atomic E-state index is -0.833. The van der Waals surface area contributed by atoms with Crippen LogP contribution < -0.4 is 5.11 Å². The summed E-state index contributed by atoms with van der Waals surface area (Å²) in [6, 6.07) is 6.70. The van der Waals surface area contributed by atoms with Gasteiger partial charge in [0.05, 0.1) is 4.92 Å². The van der Waals surface area contributed by atoms with Gasteiger partial charge in [-0.15, -0.1) is 0 Å². The van der Waals surface area contributed by atoms with Gasteiger partial charge in [0.2, 0.25) is 0 Å². The number of nitro benzene ring substituents is 1. The number of carbonyl (C=O) groups excluding carboxylic acids is 1. The van der Waals surface area contributed by atoms with Gasteiger partial charge in [-0.2, -0.15) is 0 Å². The van der Waals surface area contributed by atoms with Crippen molar-refractivity contribution in [2.75, 3.05) is 0 Å². The Bertz CT molecular complexity index is 655. The molecule has 23 heavy (non-hydrogen) atoms. The van der Waals surface area contributed by atoms with Gasteiger partial charge in [-0.3, -0.25) is 10.1 Å². The lowest BCUT2D eigenvalue weighted by molar-refractivity contribution is -0.384. The van der Waals surface area contributed by atoms with Gasteiger partial charge in [-0.1, -0.05) is 12.1 Å². The van der Waals surface area contributed by atoms with Crippen molar-refractivity contribution < 1.29 is 14.8 Å². The van der Waals surface area contributed by atoms with Crippen LogP contribution in [0.3, 0.4) is 0 Å². The van der Waals surface area contributed by atoms with Gasteiger partial charge in [-0.25, -0.2) is 0 Å². The molecule has 1 unspecified atom stereocenters. The standard InChI is InChI=1S/C18H21NO4/c20-17(21)18-8-7-13(16(18)12-3-4-14(18)10-12)9-11-1-5-15(6-2-11)19(22)23/h1-2,5-6,12-14,16H,3-4,7-10H2,(H,20,21)/p-1/t12-,13?,14+,16-,18-/m1/s1. The first-order valence-corrected chi connectivity index (χ1v) is 8.47. The molecule has 3 fully saturated rings. The number of carboxylic acid groups (broad SMARTS) is 1. The lowest BCUT2D eigenvalue weighted by Gasteiger charge is -2.42. The summed E-state index contributed by atoms with van der Waals surface area (Å²) in [6.45, 7) is 0. The molecule has 1 aromatic rings. The summed E-state index contributed by atoms with van der Waals surface area (Å²) >= 11 is 0. The molecule has 0 radical (unpaired) electrons. The summed E-state index contributed by atoms with van der Waals surface area (Å²) in [7, 11) is 0. The summed E-state index contributed by atoms with van der Waals surface area (Å²) in [5, 5.41) is 22.7. The number of benzene rings is 1. The first-order valence-electron chi connectivity index (χ1n) is 8.47. The highest BCUT2D eigenvalue weighted by molar-refractivity contribution is 5.75. The predicted molar refractivity (Wildman–Crippen MR) is 81.3 cm³/mol. The highest BCUT2D eigenvalue weighted by Crippen LogP contribution is 2.68. The van der Waals surface area contributed by atoms with E-state index in [9.17, 15) is 20.0 Å². The monoisotopic (exact) mass is 314 g/mol. The van der Waals surface area contributed by atoms with Crippen molar-refractivity contribution in [1.82, 2.24) is 0 Å². The van der Waals surface area contributed by atoms with E-state index < -0.39 is 16.3 Å². The molecule has 3 saturated carbocycles. The molecule has 3 aliphatic rings. The molecule has 122 valence electrons. The van der Waals surface area contributed by atoms with Gasteiger partial charge >= 0.3 is 0 Å². The number of hydrogen-bond acceptors (Lipinski definition) is 4. The average Bonchev–Trinajstić information content (AvgIpc) is 3.20. The molecular formula is C18H20NO4-. The third-order valence-electron chi connectivity index (χ3n) is 6.77. The van der Waals surface area contributed by atoms with Gasteiger partial charge in [-0.05, 0) is 67.8 Å². The Balaban J connectivity index is 1.57. The Hall–Kier alpha value is -1.91. The van der Waals surface area contributed by atoms with Crippen LogP contribution in [-0.4, -0.2) is 10.9 Å². The smallest absolute Gasteiger partial charge is 0.269 e. The van der Waals surface area contributed by atoms with Crippen LogP contribution in [0.4, 0.5) is 5.69 Å². The molecule has 1 aromatic carbocycles. The van der Waals surface area contributed by atoms with Crippen molar-refractivity contribution >= 4 is 11.7 Å². The number of fused-ring (bicyclic) bond motifs is 5. The minimum absolute atomic E-state index is 0.101. The van der Waals surface area contributed by atoms with Crippen molar-refractivity contribution in [2.24, 2.45) is 29.1 Å². The second-order valence-corrected chi connectivity index (χ2v) is 7.55. The molecule has 0 aliphatic heterocycles. The fourth-order valence-corrected chi connectivity index (χ4v) is 5.97. The summed E-state index contributed by atoms with van der Waals surface area (Å²) in [5.41, 5.74) is 0.579. The van der Waals surface area contributed by atoms with Crippen LogP contribution in [0.2, 0.25) is 0 Å². The number of non-ortho nitro benzene ring substituents is 1. The topological polar surface area (TPSA) is 83.3 Å². The highest BCUT2D eigenvalue weighted by atomic mass is 16.6. The van der Waals surface area contributed by atoms with Gasteiger partial charge in [0, 0.05) is 23.5 Å². The van der Waals surface area contributed by atoms with Gasteiger partial charge < -0.3 is 9.90 Å². The van der Waals surface area contributed by atoms with Crippen LogP contribution in [0.5, 0.6) is 0 Å². The maximum Gasteiger partial charge on any atom is 0.269 e. The highest BCUT2D eigenvalue weighted by Gasteiger charge is 2.63. The number of aliphatic carboxylic acids is 1. The molecule has 2 bridgehead atoms. The summed E-state index contributed by atoms with van der Waals surface area (Å²) in [6.07, 6.45) is 5.75. The largest absolute Gasteiger partial charge is 0.550 e. The molecule has 4 rings (SSSR count). The molecule has 0 spiro atoms. The fourth-order valence-electron chi connectivity index (χ4n) is 5.97. The number of hydrogen-bond donors (Lipinski definition) is 0. The molecule has 5 atom stereocenters. The zero-order valence-corrected chi connectivity index (χ0v) is 12.9. The Labute approximate surface area is 134 Å². The van der Waals surface area contributed by atoms with E-state index in [0.29, 0.717) is 17.8 Å². The molecule has 0 saturated heterocycles. The number of carbonyl (C=O) groups is 1. The fraction of sp³-hybridized carbons (Fsp3) is 0.611. The van der Waals surface area contributed by atoms with Crippen molar-refractivity contribution in [2.45, 2.75) is 38.5 Å². The maximum absolute atomic E-state index is 11.9. The molecule has 5 nitrogen and oxygen atoms in total. The Morgan fingerprint density at radius 2 is 1.96 bits per heavy atom. The van der Waals surface area contributed by atoms with Crippen LogP contribution in [0.15, 0.2) is 24.3 Å². The second kappa shape index (κ2) is 5.05. The molecule has 0 aromatic heterocycles. The lowest BCUT2D eigenvalue weighted by atomic mass is 9.65. The third-order valence-corrected chi connectivity index (χ3v) is 6.77.